The van der Waals surface area contributed by atoms with Crippen molar-refractivity contribution in [3.8, 4) is 22.9 Å². The molecule has 7 heteroatoms. The number of ether oxygens (including phenoxy) is 3. The number of rotatable bonds is 8. The predicted molar refractivity (Wildman–Crippen MR) is 124 cm³/mol. The van der Waals surface area contributed by atoms with Crippen molar-refractivity contribution in [2.24, 2.45) is 0 Å². The summed E-state index contributed by atoms with van der Waals surface area (Å²) in [5.41, 5.74) is 3.91. The standard InChI is InChI=1S/C24H26N2O4S/c1-4-29-21-11-6-16(12-22(21)30-5-2)24(27)25-23-20-15-31-14-17(20)13-26(23)18-7-9-19(28-3)10-8-18/h6-13H,4-5,14-15H2,1-3H3,(H,25,27). The second-order valence-corrected chi connectivity index (χ2v) is 8.01. The summed E-state index contributed by atoms with van der Waals surface area (Å²) >= 11 is 1.85. The van der Waals surface area contributed by atoms with Crippen LogP contribution in [0.4, 0.5) is 5.82 Å². The topological polar surface area (TPSA) is 61.7 Å². The van der Waals surface area contributed by atoms with Gasteiger partial charge < -0.3 is 24.1 Å². The van der Waals surface area contributed by atoms with E-state index in [1.54, 1.807) is 25.3 Å². The fraction of sp³-hybridized carbons (Fsp3) is 0.292. The molecule has 1 aliphatic rings. The van der Waals surface area contributed by atoms with Gasteiger partial charge in [-0.15, -0.1) is 0 Å². The van der Waals surface area contributed by atoms with Crippen LogP contribution in [0.25, 0.3) is 5.69 Å². The van der Waals surface area contributed by atoms with Gasteiger partial charge in [0, 0.05) is 34.5 Å². The second kappa shape index (κ2) is 9.39. The minimum Gasteiger partial charge on any atom is -0.497 e. The van der Waals surface area contributed by atoms with Crippen molar-refractivity contribution in [3.63, 3.8) is 0 Å². The number of thioether (sulfide) groups is 1. The minimum absolute atomic E-state index is 0.184. The Hall–Kier alpha value is -3.06. The van der Waals surface area contributed by atoms with Gasteiger partial charge in [-0.3, -0.25) is 4.79 Å². The molecule has 4 rings (SSSR count). The van der Waals surface area contributed by atoms with E-state index in [1.807, 2.05) is 54.4 Å². The van der Waals surface area contributed by atoms with Crippen LogP contribution in [0.1, 0.15) is 35.3 Å². The Morgan fingerprint density at radius 3 is 2.48 bits per heavy atom. The van der Waals surface area contributed by atoms with Crippen molar-refractivity contribution in [1.29, 1.82) is 0 Å². The molecule has 0 radical (unpaired) electrons. The van der Waals surface area contributed by atoms with Gasteiger partial charge in [0.05, 0.1) is 20.3 Å². The zero-order valence-electron chi connectivity index (χ0n) is 17.9. The second-order valence-electron chi connectivity index (χ2n) is 7.02. The van der Waals surface area contributed by atoms with Crippen LogP contribution in [0.15, 0.2) is 48.7 Å². The number of carbonyl (C=O) groups excluding carboxylic acids is 1. The largest absolute Gasteiger partial charge is 0.497 e. The third-order valence-corrected chi connectivity index (χ3v) is 6.10. The molecule has 3 aromatic rings. The van der Waals surface area contributed by atoms with Crippen molar-refractivity contribution in [3.05, 3.63) is 65.4 Å². The summed E-state index contributed by atoms with van der Waals surface area (Å²) in [5.74, 6) is 4.45. The molecule has 2 heterocycles. The van der Waals surface area contributed by atoms with Gasteiger partial charge in [-0.25, -0.2) is 0 Å². The molecule has 0 saturated heterocycles. The molecular weight excluding hydrogens is 412 g/mol. The molecule has 162 valence electrons. The quantitative estimate of drug-likeness (QED) is 0.518. The van der Waals surface area contributed by atoms with Gasteiger partial charge in [-0.1, -0.05) is 0 Å². The molecule has 1 aliphatic heterocycles. The van der Waals surface area contributed by atoms with E-state index in [2.05, 4.69) is 11.5 Å². The average molecular weight is 439 g/mol. The Morgan fingerprint density at radius 2 is 1.77 bits per heavy atom. The van der Waals surface area contributed by atoms with E-state index in [0.717, 1.165) is 28.8 Å². The lowest BCUT2D eigenvalue weighted by Crippen LogP contribution is -2.16. The third-order valence-electron chi connectivity index (χ3n) is 5.09. The van der Waals surface area contributed by atoms with Crippen LogP contribution in [-0.4, -0.2) is 30.8 Å². The maximum absolute atomic E-state index is 13.2. The predicted octanol–water partition coefficient (Wildman–Crippen LogP) is 5.28. The summed E-state index contributed by atoms with van der Waals surface area (Å²) < 4.78 is 18.6. The molecule has 2 aromatic carbocycles. The molecule has 0 unspecified atom stereocenters. The van der Waals surface area contributed by atoms with Crippen LogP contribution < -0.4 is 19.5 Å². The first kappa shape index (κ1) is 21.2. The van der Waals surface area contributed by atoms with Crippen molar-refractivity contribution in [1.82, 2.24) is 4.57 Å². The average Bonchev–Trinajstić information content (AvgIpc) is 3.38. The number of methoxy groups -OCH3 is 1. The summed E-state index contributed by atoms with van der Waals surface area (Å²) in [4.78, 5) is 13.2. The maximum Gasteiger partial charge on any atom is 0.256 e. The lowest BCUT2D eigenvalue weighted by Gasteiger charge is -2.15. The molecule has 0 fully saturated rings. The van der Waals surface area contributed by atoms with Crippen LogP contribution in [0.3, 0.4) is 0 Å². The first-order valence-corrected chi connectivity index (χ1v) is 11.5. The van der Waals surface area contributed by atoms with E-state index in [9.17, 15) is 4.79 Å². The number of amides is 1. The number of nitrogens with zero attached hydrogens (tertiary/aromatic N) is 1. The van der Waals surface area contributed by atoms with Crippen LogP contribution in [0.2, 0.25) is 0 Å². The van der Waals surface area contributed by atoms with Crippen LogP contribution in [0, 0.1) is 0 Å². The highest BCUT2D eigenvalue weighted by Crippen LogP contribution is 2.38. The summed E-state index contributed by atoms with van der Waals surface area (Å²) in [5, 5.41) is 3.14. The highest BCUT2D eigenvalue weighted by molar-refractivity contribution is 7.98. The van der Waals surface area contributed by atoms with Crippen molar-refractivity contribution in [2.45, 2.75) is 25.4 Å². The maximum atomic E-state index is 13.2. The van der Waals surface area contributed by atoms with Gasteiger partial charge in [-0.05, 0) is 61.9 Å². The number of hydrogen-bond acceptors (Lipinski definition) is 5. The molecule has 1 N–H and O–H groups in total. The van der Waals surface area contributed by atoms with Crippen molar-refractivity contribution >= 4 is 23.5 Å². The SMILES string of the molecule is CCOc1ccc(C(=O)Nc2c3c(cn2-c2ccc(OC)cc2)CSC3)cc1OCC. The van der Waals surface area contributed by atoms with E-state index >= 15 is 0 Å². The van der Waals surface area contributed by atoms with Crippen molar-refractivity contribution in [2.75, 3.05) is 25.6 Å². The lowest BCUT2D eigenvalue weighted by molar-refractivity contribution is 0.102. The van der Waals surface area contributed by atoms with Gasteiger partial charge in [0.1, 0.15) is 11.6 Å². The molecule has 6 nitrogen and oxygen atoms in total. The van der Waals surface area contributed by atoms with Gasteiger partial charge in [0.2, 0.25) is 0 Å². The smallest absolute Gasteiger partial charge is 0.256 e. The highest BCUT2D eigenvalue weighted by atomic mass is 32.2. The zero-order valence-corrected chi connectivity index (χ0v) is 18.8. The molecular formula is C24H26N2O4S. The Labute approximate surface area is 186 Å². The van der Waals surface area contributed by atoms with Crippen LogP contribution in [0.5, 0.6) is 17.2 Å². The Kier molecular flexibility index (Phi) is 6.42. The first-order chi connectivity index (χ1) is 15.1. The van der Waals surface area contributed by atoms with E-state index in [0.29, 0.717) is 30.3 Å². The molecule has 0 bridgehead atoms. The third kappa shape index (κ3) is 4.37. The van der Waals surface area contributed by atoms with Gasteiger partial charge >= 0.3 is 0 Å². The molecule has 31 heavy (non-hydrogen) atoms. The minimum atomic E-state index is -0.184. The number of carbonyl (C=O) groups is 1. The van der Waals surface area contributed by atoms with E-state index in [4.69, 9.17) is 14.2 Å². The number of fused-ring (bicyclic) bond motifs is 1. The van der Waals surface area contributed by atoms with E-state index in [1.165, 1.54) is 11.1 Å². The molecule has 0 atom stereocenters. The normalized spacial score (nSPS) is 12.4. The summed E-state index contributed by atoms with van der Waals surface area (Å²) in [6, 6.07) is 13.1. The van der Waals surface area contributed by atoms with E-state index in [-0.39, 0.29) is 5.91 Å². The Morgan fingerprint density at radius 1 is 1.03 bits per heavy atom. The number of nitrogens with one attached hydrogen (secondary N) is 1. The molecule has 1 amide bonds. The monoisotopic (exact) mass is 438 g/mol. The van der Waals surface area contributed by atoms with Gasteiger partial charge in [0.15, 0.2) is 11.5 Å². The first-order valence-electron chi connectivity index (χ1n) is 10.3. The number of hydrogen-bond donors (Lipinski definition) is 1. The summed E-state index contributed by atoms with van der Waals surface area (Å²) in [7, 11) is 1.65. The van der Waals surface area contributed by atoms with E-state index < -0.39 is 0 Å². The highest BCUT2D eigenvalue weighted by Gasteiger charge is 2.23. The molecule has 1 aromatic heterocycles. The van der Waals surface area contributed by atoms with Crippen LogP contribution >= 0.6 is 11.8 Å². The van der Waals surface area contributed by atoms with Crippen LogP contribution in [-0.2, 0) is 11.5 Å². The van der Waals surface area contributed by atoms with Crippen molar-refractivity contribution < 1.29 is 19.0 Å². The Bertz CT molecular complexity index is 1080. The Balaban J connectivity index is 1.66. The fourth-order valence-corrected chi connectivity index (χ4v) is 4.70. The van der Waals surface area contributed by atoms with Gasteiger partial charge in [-0.2, -0.15) is 11.8 Å². The molecule has 0 saturated carbocycles. The summed E-state index contributed by atoms with van der Waals surface area (Å²) in [6.07, 6.45) is 2.11. The lowest BCUT2D eigenvalue weighted by atomic mass is 10.1. The zero-order chi connectivity index (χ0) is 21.8. The molecule has 0 aliphatic carbocycles. The number of anilines is 1. The summed E-state index contributed by atoms with van der Waals surface area (Å²) in [6.45, 7) is 4.86. The van der Waals surface area contributed by atoms with Gasteiger partial charge in [0.25, 0.3) is 5.91 Å². The number of aromatic nitrogens is 1. The number of benzene rings is 2. The molecule has 0 spiro atoms. The fourth-order valence-electron chi connectivity index (χ4n) is 3.60.